The Morgan fingerprint density at radius 2 is 1.69 bits per heavy atom. The van der Waals surface area contributed by atoms with Crippen molar-refractivity contribution in [2.45, 2.75) is 45.6 Å². The van der Waals surface area contributed by atoms with Gasteiger partial charge in [-0.1, -0.05) is 62.4 Å². The molecule has 1 fully saturated rings. The summed E-state index contributed by atoms with van der Waals surface area (Å²) < 4.78 is 10.6. The molecule has 3 rings (SSSR count). The molecule has 6 heteroatoms. The van der Waals surface area contributed by atoms with Gasteiger partial charge in [-0.15, -0.1) is 0 Å². The van der Waals surface area contributed by atoms with Crippen molar-refractivity contribution < 1.29 is 23.9 Å². The summed E-state index contributed by atoms with van der Waals surface area (Å²) in [7, 11) is 0. The monoisotopic (exact) mass is 437 g/mol. The van der Waals surface area contributed by atoms with Crippen molar-refractivity contribution in [3.05, 3.63) is 71.8 Å². The summed E-state index contributed by atoms with van der Waals surface area (Å²) in [4.78, 5) is 38.3. The fourth-order valence-electron chi connectivity index (χ4n) is 4.04. The molecule has 1 aliphatic heterocycles. The number of nitrogens with zero attached hydrogens (tertiary/aromatic N) is 1. The maximum Gasteiger partial charge on any atom is 0.416 e. The molecule has 1 saturated heterocycles. The van der Waals surface area contributed by atoms with Crippen molar-refractivity contribution in [3.8, 4) is 0 Å². The van der Waals surface area contributed by atoms with Gasteiger partial charge in [-0.25, -0.2) is 14.5 Å². The van der Waals surface area contributed by atoms with Crippen molar-refractivity contribution in [1.82, 2.24) is 4.90 Å². The van der Waals surface area contributed by atoms with Gasteiger partial charge >= 0.3 is 12.1 Å². The zero-order valence-corrected chi connectivity index (χ0v) is 18.7. The minimum absolute atomic E-state index is 0.176. The Hall–Kier alpha value is -3.15. The molecule has 32 heavy (non-hydrogen) atoms. The Bertz CT molecular complexity index is 899. The van der Waals surface area contributed by atoms with Gasteiger partial charge in [0.05, 0.1) is 18.2 Å². The average Bonchev–Trinajstić information content (AvgIpc) is 3.17. The Morgan fingerprint density at radius 3 is 2.38 bits per heavy atom. The van der Waals surface area contributed by atoms with Gasteiger partial charge in [-0.2, -0.15) is 0 Å². The molecule has 1 heterocycles. The fourth-order valence-corrected chi connectivity index (χ4v) is 4.04. The van der Waals surface area contributed by atoms with Crippen LogP contribution in [0, 0.1) is 11.8 Å². The lowest BCUT2D eigenvalue weighted by Gasteiger charge is -2.21. The second kappa shape index (κ2) is 11.5. The zero-order valence-electron chi connectivity index (χ0n) is 18.7. The Kier molecular flexibility index (Phi) is 8.42. The summed E-state index contributed by atoms with van der Waals surface area (Å²) in [5, 5.41) is 0. The summed E-state index contributed by atoms with van der Waals surface area (Å²) in [6.45, 7) is 4.68. The number of imide groups is 1. The first-order chi connectivity index (χ1) is 15.4. The van der Waals surface area contributed by atoms with Crippen molar-refractivity contribution in [1.29, 1.82) is 0 Å². The molecular formula is C26H31NO5. The average molecular weight is 438 g/mol. The molecule has 0 bridgehead atoms. The Morgan fingerprint density at radius 1 is 1.03 bits per heavy atom. The third-order valence-corrected chi connectivity index (χ3v) is 5.71. The summed E-state index contributed by atoms with van der Waals surface area (Å²) in [6, 6.07) is 18.5. The summed E-state index contributed by atoms with van der Waals surface area (Å²) >= 11 is 0. The van der Waals surface area contributed by atoms with E-state index < -0.39 is 6.09 Å². The van der Waals surface area contributed by atoms with Crippen LogP contribution >= 0.6 is 0 Å². The largest absolute Gasteiger partial charge is 0.462 e. The van der Waals surface area contributed by atoms with Crippen LogP contribution in [-0.4, -0.2) is 42.1 Å². The van der Waals surface area contributed by atoms with Crippen LogP contribution in [0.25, 0.3) is 0 Å². The van der Waals surface area contributed by atoms with Crippen LogP contribution < -0.4 is 0 Å². The van der Waals surface area contributed by atoms with Crippen LogP contribution in [0.2, 0.25) is 0 Å². The zero-order chi connectivity index (χ0) is 22.9. The van der Waals surface area contributed by atoms with Crippen LogP contribution in [0.5, 0.6) is 0 Å². The first kappa shape index (κ1) is 23.5. The number of benzene rings is 2. The van der Waals surface area contributed by atoms with Gasteiger partial charge in [0.25, 0.3) is 0 Å². The molecule has 0 N–H and O–H groups in total. The van der Waals surface area contributed by atoms with Crippen LogP contribution in [-0.2, 0) is 20.7 Å². The highest BCUT2D eigenvalue weighted by atomic mass is 16.6. The lowest BCUT2D eigenvalue weighted by atomic mass is 9.93. The van der Waals surface area contributed by atoms with Gasteiger partial charge in [0, 0.05) is 6.42 Å². The minimum Gasteiger partial charge on any atom is -0.462 e. The molecule has 170 valence electrons. The van der Waals surface area contributed by atoms with Gasteiger partial charge < -0.3 is 9.47 Å². The molecule has 2 aromatic carbocycles. The molecular weight excluding hydrogens is 406 g/mol. The van der Waals surface area contributed by atoms with Gasteiger partial charge in [0.2, 0.25) is 5.91 Å². The number of cyclic esters (lactones) is 1. The van der Waals surface area contributed by atoms with Gasteiger partial charge in [-0.3, -0.25) is 4.79 Å². The third-order valence-electron chi connectivity index (χ3n) is 5.71. The van der Waals surface area contributed by atoms with Gasteiger partial charge in [0.15, 0.2) is 0 Å². The van der Waals surface area contributed by atoms with E-state index in [-0.39, 0.29) is 42.8 Å². The lowest BCUT2D eigenvalue weighted by Crippen LogP contribution is -2.40. The maximum absolute atomic E-state index is 12.8. The smallest absolute Gasteiger partial charge is 0.416 e. The number of hydrogen-bond acceptors (Lipinski definition) is 5. The van der Waals surface area contributed by atoms with E-state index >= 15 is 0 Å². The number of hydrogen-bond donors (Lipinski definition) is 0. The molecule has 2 amide bonds. The van der Waals surface area contributed by atoms with E-state index in [4.69, 9.17) is 9.47 Å². The fraction of sp³-hybridized carbons (Fsp3) is 0.423. The highest BCUT2D eigenvalue weighted by molar-refractivity contribution is 5.93. The van der Waals surface area contributed by atoms with E-state index in [9.17, 15) is 14.4 Å². The van der Waals surface area contributed by atoms with Crippen molar-refractivity contribution in [2.75, 3.05) is 13.2 Å². The van der Waals surface area contributed by atoms with Crippen LogP contribution in [0.1, 0.15) is 49.0 Å². The highest BCUT2D eigenvalue weighted by Crippen LogP contribution is 2.22. The number of ether oxygens (including phenoxy) is 2. The lowest BCUT2D eigenvalue weighted by molar-refractivity contribution is -0.129. The molecule has 3 atom stereocenters. The number of esters is 1. The molecule has 0 aliphatic carbocycles. The minimum atomic E-state index is -0.551. The van der Waals surface area contributed by atoms with E-state index in [1.807, 2.05) is 43.3 Å². The Labute approximate surface area is 189 Å². The predicted octanol–water partition coefficient (Wildman–Crippen LogP) is 4.88. The van der Waals surface area contributed by atoms with Crippen molar-refractivity contribution >= 4 is 18.0 Å². The van der Waals surface area contributed by atoms with E-state index in [2.05, 4.69) is 6.92 Å². The van der Waals surface area contributed by atoms with Gasteiger partial charge in [0.1, 0.15) is 6.61 Å². The van der Waals surface area contributed by atoms with Crippen LogP contribution in [0.15, 0.2) is 60.7 Å². The highest BCUT2D eigenvalue weighted by Gasteiger charge is 2.37. The molecule has 0 radical (unpaired) electrons. The second-order valence-corrected chi connectivity index (χ2v) is 8.63. The maximum atomic E-state index is 12.8. The van der Waals surface area contributed by atoms with Crippen molar-refractivity contribution in [2.24, 2.45) is 11.8 Å². The van der Waals surface area contributed by atoms with E-state index in [0.29, 0.717) is 25.0 Å². The van der Waals surface area contributed by atoms with E-state index in [1.165, 1.54) is 4.90 Å². The number of amides is 2. The third kappa shape index (κ3) is 6.67. The topological polar surface area (TPSA) is 72.9 Å². The number of carbonyl (C=O) groups excluding carboxylic acids is 3. The first-order valence-electron chi connectivity index (χ1n) is 11.2. The second-order valence-electron chi connectivity index (χ2n) is 8.63. The molecule has 1 aliphatic rings. The predicted molar refractivity (Wildman–Crippen MR) is 121 cm³/mol. The Balaban J connectivity index is 1.42. The number of carbonyl (C=O) groups is 3. The standard InChI is InChI=1S/C26H31NO5/c1-19(15-20(2)17-31-25(29)22-11-7-4-8-12-22)13-14-24(28)27-23(18-32-26(27)30)16-21-9-5-3-6-10-21/h3-12,19-20,23H,13-18H2,1-2H3/t19-,20-,23+/m1/s1. The van der Waals surface area contributed by atoms with E-state index in [1.54, 1.807) is 24.3 Å². The summed E-state index contributed by atoms with van der Waals surface area (Å²) in [6.07, 6.45) is 1.82. The van der Waals surface area contributed by atoms with Crippen LogP contribution in [0.4, 0.5) is 4.79 Å². The molecule has 0 unspecified atom stereocenters. The quantitative estimate of drug-likeness (QED) is 0.496. The summed E-state index contributed by atoms with van der Waals surface area (Å²) in [5.74, 6) is -0.0772. The first-order valence-corrected chi connectivity index (χ1v) is 11.2. The molecule has 0 aromatic heterocycles. The number of rotatable bonds is 10. The van der Waals surface area contributed by atoms with Gasteiger partial charge in [-0.05, 0) is 48.8 Å². The SMILES string of the molecule is C[C@H](CCC(=O)N1C(=O)OC[C@@H]1Cc1ccccc1)C[C@@H](C)COC(=O)c1ccccc1. The molecule has 6 nitrogen and oxygen atoms in total. The normalized spacial score (nSPS) is 17.5. The molecule has 0 saturated carbocycles. The molecule has 0 spiro atoms. The van der Waals surface area contributed by atoms with Crippen LogP contribution in [0.3, 0.4) is 0 Å². The summed E-state index contributed by atoms with van der Waals surface area (Å²) in [5.41, 5.74) is 1.61. The molecule has 2 aromatic rings. The van der Waals surface area contributed by atoms with E-state index in [0.717, 1.165) is 12.0 Å². The van der Waals surface area contributed by atoms with Crippen molar-refractivity contribution in [3.63, 3.8) is 0 Å².